The van der Waals surface area contributed by atoms with Crippen LogP contribution in [0.5, 0.6) is 0 Å². The molecular formula is C21H26N2O6S. The number of nitrogens with zero attached hydrogens (tertiary/aromatic N) is 1. The van der Waals surface area contributed by atoms with E-state index in [2.05, 4.69) is 5.32 Å². The van der Waals surface area contributed by atoms with Gasteiger partial charge < -0.3 is 14.5 Å². The number of nitrogens with one attached hydrogen (secondary N) is 1. The molecule has 1 aliphatic rings. The summed E-state index contributed by atoms with van der Waals surface area (Å²) in [5, 5.41) is 2.59. The van der Waals surface area contributed by atoms with E-state index in [1.165, 1.54) is 30.5 Å². The molecule has 2 unspecified atom stereocenters. The Morgan fingerprint density at radius 2 is 1.80 bits per heavy atom. The quantitative estimate of drug-likeness (QED) is 0.724. The van der Waals surface area contributed by atoms with E-state index in [1.54, 1.807) is 18.2 Å². The number of hydrogen-bond donors (Lipinski definition) is 1. The van der Waals surface area contributed by atoms with Crippen LogP contribution in [-0.2, 0) is 14.8 Å². The van der Waals surface area contributed by atoms with Gasteiger partial charge in [-0.3, -0.25) is 4.79 Å². The van der Waals surface area contributed by atoms with Crippen LogP contribution in [0, 0.1) is 18.8 Å². The highest BCUT2D eigenvalue weighted by atomic mass is 32.2. The Bertz CT molecular complexity index is 1050. The number of carbonyl (C=O) groups excluding carboxylic acids is 2. The summed E-state index contributed by atoms with van der Waals surface area (Å²) in [6.07, 6.45) is 0.976. The van der Waals surface area contributed by atoms with Gasteiger partial charge in [0, 0.05) is 19.2 Å². The van der Waals surface area contributed by atoms with E-state index in [9.17, 15) is 18.0 Å². The second-order valence-corrected chi connectivity index (χ2v) is 9.70. The summed E-state index contributed by atoms with van der Waals surface area (Å²) < 4.78 is 37.9. The lowest BCUT2D eigenvalue weighted by atomic mass is 9.94. The first-order chi connectivity index (χ1) is 14.1. The summed E-state index contributed by atoms with van der Waals surface area (Å²) >= 11 is 0. The fraction of sp³-hybridized carbons (Fsp3) is 0.429. The third-order valence-electron chi connectivity index (χ3n) is 5.13. The number of para-hydroxylation sites is 1. The fourth-order valence-corrected chi connectivity index (χ4v) is 5.68. The maximum atomic E-state index is 13.1. The Balaban J connectivity index is 1.86. The molecule has 0 radical (unpaired) electrons. The first-order valence-electron chi connectivity index (χ1n) is 9.72. The summed E-state index contributed by atoms with van der Waals surface area (Å²) in [4.78, 5) is 24.6. The van der Waals surface area contributed by atoms with Gasteiger partial charge in [0.25, 0.3) is 5.91 Å². The van der Waals surface area contributed by atoms with E-state index in [4.69, 9.17) is 9.15 Å². The Kier molecular flexibility index (Phi) is 6.33. The number of furan rings is 1. The molecule has 1 amide bonds. The first kappa shape index (κ1) is 22.0. The van der Waals surface area contributed by atoms with Crippen molar-refractivity contribution >= 4 is 27.6 Å². The Morgan fingerprint density at radius 3 is 2.43 bits per heavy atom. The van der Waals surface area contributed by atoms with E-state index >= 15 is 0 Å². The van der Waals surface area contributed by atoms with Crippen LogP contribution in [0.4, 0.5) is 5.69 Å². The molecule has 0 spiro atoms. The van der Waals surface area contributed by atoms with E-state index in [1.807, 2.05) is 13.8 Å². The molecule has 1 aliphatic heterocycles. The molecule has 2 atom stereocenters. The number of esters is 1. The number of piperidine rings is 1. The van der Waals surface area contributed by atoms with Crippen molar-refractivity contribution in [3.05, 3.63) is 47.4 Å². The molecular weight excluding hydrogens is 408 g/mol. The number of aryl methyl sites for hydroxylation is 1. The molecule has 2 aromatic rings. The fourth-order valence-electron chi connectivity index (χ4n) is 3.84. The van der Waals surface area contributed by atoms with Gasteiger partial charge in [0.15, 0.2) is 5.76 Å². The van der Waals surface area contributed by atoms with Gasteiger partial charge in [0.05, 0.1) is 18.4 Å². The van der Waals surface area contributed by atoms with Crippen LogP contribution in [-0.4, -0.2) is 44.8 Å². The molecule has 30 heavy (non-hydrogen) atoms. The number of benzene rings is 1. The maximum Gasteiger partial charge on any atom is 0.339 e. The number of methoxy groups -OCH3 is 1. The van der Waals surface area contributed by atoms with Crippen molar-refractivity contribution < 1.29 is 27.2 Å². The minimum absolute atomic E-state index is 0.0183. The molecule has 1 fully saturated rings. The van der Waals surface area contributed by atoms with E-state index < -0.39 is 21.9 Å². The van der Waals surface area contributed by atoms with Gasteiger partial charge >= 0.3 is 5.97 Å². The van der Waals surface area contributed by atoms with Crippen molar-refractivity contribution in [3.8, 4) is 0 Å². The number of rotatable bonds is 5. The monoisotopic (exact) mass is 434 g/mol. The van der Waals surface area contributed by atoms with Gasteiger partial charge in [-0.2, -0.15) is 4.31 Å². The third kappa shape index (κ3) is 4.41. The SMILES string of the molecule is COC(=O)c1ccccc1NC(=O)c1cc(S(=O)(=O)N2CC(C)CC(C)C2)c(C)o1. The molecule has 0 saturated carbocycles. The minimum atomic E-state index is -3.78. The minimum Gasteiger partial charge on any atom is -0.465 e. The highest BCUT2D eigenvalue weighted by Crippen LogP contribution is 2.30. The second-order valence-electron chi connectivity index (χ2n) is 7.79. The number of ether oxygens (including phenoxy) is 1. The smallest absolute Gasteiger partial charge is 0.339 e. The van der Waals surface area contributed by atoms with Gasteiger partial charge in [0.1, 0.15) is 10.7 Å². The molecule has 2 heterocycles. The number of amides is 1. The predicted molar refractivity (Wildman–Crippen MR) is 111 cm³/mol. The zero-order valence-corrected chi connectivity index (χ0v) is 18.3. The van der Waals surface area contributed by atoms with Gasteiger partial charge in [-0.05, 0) is 37.3 Å². The lowest BCUT2D eigenvalue weighted by Gasteiger charge is -2.33. The van der Waals surface area contributed by atoms with Crippen LogP contribution < -0.4 is 5.32 Å². The van der Waals surface area contributed by atoms with Crippen molar-refractivity contribution in [2.45, 2.75) is 32.1 Å². The number of anilines is 1. The summed E-state index contributed by atoms with van der Waals surface area (Å²) in [5.74, 6) is -0.743. The van der Waals surface area contributed by atoms with Crippen LogP contribution in [0.15, 0.2) is 39.6 Å². The maximum absolute atomic E-state index is 13.1. The van der Waals surface area contributed by atoms with E-state index in [-0.39, 0.29) is 39.5 Å². The summed E-state index contributed by atoms with van der Waals surface area (Å²) in [5.41, 5.74) is 0.423. The topological polar surface area (TPSA) is 106 Å². The van der Waals surface area contributed by atoms with Crippen molar-refractivity contribution in [1.82, 2.24) is 4.31 Å². The molecule has 1 aromatic carbocycles. The molecule has 3 rings (SSSR count). The molecule has 8 nitrogen and oxygen atoms in total. The van der Waals surface area contributed by atoms with Crippen LogP contribution in [0.25, 0.3) is 0 Å². The standard InChI is InChI=1S/C21H26N2O6S/c1-13-9-14(2)12-23(11-13)30(26,27)19-10-18(29-15(19)3)20(24)22-17-8-6-5-7-16(17)21(25)28-4/h5-8,10,13-14H,9,11-12H2,1-4H3,(H,22,24). The summed E-state index contributed by atoms with van der Waals surface area (Å²) in [6, 6.07) is 7.61. The van der Waals surface area contributed by atoms with E-state index in [0.29, 0.717) is 13.1 Å². The summed E-state index contributed by atoms with van der Waals surface area (Å²) in [6.45, 7) is 6.44. The molecule has 9 heteroatoms. The molecule has 1 N–H and O–H groups in total. The van der Waals surface area contributed by atoms with E-state index in [0.717, 1.165) is 6.42 Å². The molecule has 162 valence electrons. The highest BCUT2D eigenvalue weighted by molar-refractivity contribution is 7.89. The van der Waals surface area contributed by atoms with Crippen LogP contribution in [0.2, 0.25) is 0 Å². The Morgan fingerprint density at radius 1 is 1.17 bits per heavy atom. The third-order valence-corrected chi connectivity index (χ3v) is 7.07. The zero-order chi connectivity index (χ0) is 22.1. The van der Waals surface area contributed by atoms with Gasteiger partial charge in [0.2, 0.25) is 10.0 Å². The highest BCUT2D eigenvalue weighted by Gasteiger charge is 2.34. The van der Waals surface area contributed by atoms with Gasteiger partial charge in [-0.25, -0.2) is 13.2 Å². The van der Waals surface area contributed by atoms with Crippen LogP contribution >= 0.6 is 0 Å². The number of hydrogen-bond acceptors (Lipinski definition) is 6. The van der Waals surface area contributed by atoms with Crippen molar-refractivity contribution in [2.24, 2.45) is 11.8 Å². The molecule has 0 bridgehead atoms. The lowest BCUT2D eigenvalue weighted by molar-refractivity contribution is 0.0602. The van der Waals surface area contributed by atoms with Crippen LogP contribution in [0.1, 0.15) is 46.9 Å². The molecule has 1 aromatic heterocycles. The summed E-state index contributed by atoms with van der Waals surface area (Å²) in [7, 11) is -2.54. The second kappa shape index (κ2) is 8.61. The predicted octanol–water partition coefficient (Wildman–Crippen LogP) is 3.29. The first-order valence-corrected chi connectivity index (χ1v) is 11.2. The Labute approximate surface area is 176 Å². The van der Waals surface area contributed by atoms with Crippen LogP contribution in [0.3, 0.4) is 0 Å². The molecule has 0 aliphatic carbocycles. The largest absolute Gasteiger partial charge is 0.465 e. The number of carbonyl (C=O) groups is 2. The van der Waals surface area contributed by atoms with Crippen molar-refractivity contribution in [1.29, 1.82) is 0 Å². The number of sulfonamides is 1. The van der Waals surface area contributed by atoms with Gasteiger partial charge in [-0.15, -0.1) is 0 Å². The average Bonchev–Trinajstić information content (AvgIpc) is 3.09. The van der Waals surface area contributed by atoms with Crippen molar-refractivity contribution in [2.75, 3.05) is 25.5 Å². The van der Waals surface area contributed by atoms with Crippen molar-refractivity contribution in [3.63, 3.8) is 0 Å². The Hall–Kier alpha value is -2.65. The molecule has 1 saturated heterocycles. The normalized spacial score (nSPS) is 20.0. The van der Waals surface area contributed by atoms with Gasteiger partial charge in [-0.1, -0.05) is 26.0 Å². The lowest BCUT2D eigenvalue weighted by Crippen LogP contribution is -2.42. The average molecular weight is 435 g/mol. The zero-order valence-electron chi connectivity index (χ0n) is 17.5.